The van der Waals surface area contributed by atoms with Gasteiger partial charge in [0, 0.05) is 17.0 Å². The average molecular weight is 215 g/mol. The minimum atomic E-state index is 0.310. The van der Waals surface area contributed by atoms with Crippen molar-refractivity contribution in [3.63, 3.8) is 0 Å². The van der Waals surface area contributed by atoms with Crippen LogP contribution in [-0.2, 0) is 0 Å². The number of fused-ring (bicyclic) bond motifs is 1. The van der Waals surface area contributed by atoms with E-state index in [1.165, 1.54) is 11.1 Å². The van der Waals surface area contributed by atoms with Gasteiger partial charge in [0.25, 0.3) is 0 Å². The monoisotopic (exact) mass is 215 g/mol. The van der Waals surface area contributed by atoms with E-state index in [1.807, 2.05) is 12.1 Å². The summed E-state index contributed by atoms with van der Waals surface area (Å²) in [7, 11) is 0. The summed E-state index contributed by atoms with van der Waals surface area (Å²) in [5.41, 5.74) is 8.44. The van der Waals surface area contributed by atoms with Gasteiger partial charge in [0.15, 0.2) is 0 Å². The topological polar surface area (TPSA) is 54.7 Å². The van der Waals surface area contributed by atoms with Gasteiger partial charge in [0.05, 0.1) is 5.52 Å². The highest BCUT2D eigenvalue weighted by Gasteiger charge is 2.58. The van der Waals surface area contributed by atoms with Crippen LogP contribution in [0.4, 0.5) is 0 Å². The van der Waals surface area contributed by atoms with Crippen LogP contribution in [0.25, 0.3) is 10.9 Å². The molecule has 2 aromatic rings. The molecule has 2 atom stereocenters. The second-order valence-electron chi connectivity index (χ2n) is 5.30. The van der Waals surface area contributed by atoms with Crippen molar-refractivity contribution in [2.24, 2.45) is 17.1 Å². The fraction of sp³-hybridized carbons (Fsp3) is 0.462. The first-order chi connectivity index (χ1) is 7.66. The Kier molecular flexibility index (Phi) is 1.89. The van der Waals surface area contributed by atoms with Crippen molar-refractivity contribution < 1.29 is 0 Å². The first-order valence-corrected chi connectivity index (χ1v) is 5.79. The molecular formula is C13H17N3. The molecule has 3 N–H and O–H groups in total. The van der Waals surface area contributed by atoms with Crippen LogP contribution < -0.4 is 5.73 Å². The van der Waals surface area contributed by atoms with Gasteiger partial charge in [-0.1, -0.05) is 32.0 Å². The Labute approximate surface area is 95.0 Å². The van der Waals surface area contributed by atoms with Crippen molar-refractivity contribution in [1.29, 1.82) is 0 Å². The first kappa shape index (κ1) is 9.85. The van der Waals surface area contributed by atoms with Gasteiger partial charge < -0.3 is 5.73 Å². The van der Waals surface area contributed by atoms with E-state index in [0.717, 1.165) is 12.1 Å². The molecule has 0 radical (unpaired) electrons. The van der Waals surface area contributed by atoms with E-state index >= 15 is 0 Å². The van der Waals surface area contributed by atoms with Gasteiger partial charge in [-0.3, -0.25) is 5.10 Å². The standard InChI is InChI=1S/C13H17N3/c1-13(2)9(7-14)11(13)12-8-5-3-4-6-10(8)15-16-12/h3-6,9,11H,7,14H2,1-2H3,(H,15,16). The van der Waals surface area contributed by atoms with Crippen LogP contribution in [-0.4, -0.2) is 16.7 Å². The normalized spacial score (nSPS) is 27.2. The molecule has 1 aromatic heterocycles. The predicted octanol–water partition coefficient (Wildman–Crippen LogP) is 2.26. The van der Waals surface area contributed by atoms with E-state index in [2.05, 4.69) is 36.2 Å². The molecule has 1 aromatic carbocycles. The van der Waals surface area contributed by atoms with Crippen LogP contribution in [0.15, 0.2) is 24.3 Å². The zero-order valence-corrected chi connectivity index (χ0v) is 9.70. The number of nitrogens with two attached hydrogens (primary N) is 1. The Bertz CT molecular complexity index is 527. The third-order valence-corrected chi connectivity index (χ3v) is 4.11. The lowest BCUT2D eigenvalue weighted by Gasteiger charge is -2.00. The summed E-state index contributed by atoms with van der Waals surface area (Å²) in [4.78, 5) is 0. The molecule has 0 aliphatic heterocycles. The summed E-state index contributed by atoms with van der Waals surface area (Å²) in [6.07, 6.45) is 0. The van der Waals surface area contributed by atoms with E-state index in [1.54, 1.807) is 0 Å². The second kappa shape index (κ2) is 3.08. The Morgan fingerprint density at radius 3 is 2.81 bits per heavy atom. The lowest BCUT2D eigenvalue weighted by atomic mass is 10.1. The third-order valence-electron chi connectivity index (χ3n) is 4.11. The van der Waals surface area contributed by atoms with Crippen molar-refractivity contribution in [2.75, 3.05) is 6.54 Å². The third kappa shape index (κ3) is 1.15. The van der Waals surface area contributed by atoms with Gasteiger partial charge in [0.2, 0.25) is 0 Å². The minimum absolute atomic E-state index is 0.310. The maximum absolute atomic E-state index is 5.82. The number of aromatic nitrogens is 2. The molecule has 3 heteroatoms. The summed E-state index contributed by atoms with van der Waals surface area (Å²) >= 11 is 0. The van der Waals surface area contributed by atoms with Crippen molar-refractivity contribution >= 4 is 10.9 Å². The predicted molar refractivity (Wildman–Crippen MR) is 65.2 cm³/mol. The molecule has 0 amide bonds. The minimum Gasteiger partial charge on any atom is -0.330 e. The smallest absolute Gasteiger partial charge is 0.0923 e. The molecule has 1 aliphatic carbocycles. The summed E-state index contributed by atoms with van der Waals surface area (Å²) in [5.74, 6) is 1.11. The van der Waals surface area contributed by atoms with Crippen molar-refractivity contribution in [3.05, 3.63) is 30.0 Å². The summed E-state index contributed by atoms with van der Waals surface area (Å²) < 4.78 is 0. The number of hydrogen-bond acceptors (Lipinski definition) is 2. The molecule has 3 nitrogen and oxygen atoms in total. The van der Waals surface area contributed by atoms with E-state index < -0.39 is 0 Å². The van der Waals surface area contributed by atoms with Crippen LogP contribution >= 0.6 is 0 Å². The van der Waals surface area contributed by atoms with Crippen LogP contribution in [0.5, 0.6) is 0 Å². The van der Waals surface area contributed by atoms with Crippen LogP contribution in [0.1, 0.15) is 25.5 Å². The zero-order valence-electron chi connectivity index (χ0n) is 9.70. The van der Waals surface area contributed by atoms with Crippen molar-refractivity contribution in [3.8, 4) is 0 Å². The average Bonchev–Trinajstić information content (AvgIpc) is 2.66. The fourth-order valence-electron chi connectivity index (χ4n) is 2.97. The van der Waals surface area contributed by atoms with Crippen molar-refractivity contribution in [1.82, 2.24) is 10.2 Å². The van der Waals surface area contributed by atoms with E-state index in [0.29, 0.717) is 17.3 Å². The maximum Gasteiger partial charge on any atom is 0.0923 e. The Balaban J connectivity index is 2.08. The van der Waals surface area contributed by atoms with Crippen LogP contribution in [0, 0.1) is 11.3 Å². The summed E-state index contributed by atoms with van der Waals surface area (Å²) in [6.45, 7) is 5.32. The number of rotatable bonds is 2. The Morgan fingerprint density at radius 2 is 2.12 bits per heavy atom. The molecule has 16 heavy (non-hydrogen) atoms. The number of para-hydroxylation sites is 1. The largest absolute Gasteiger partial charge is 0.330 e. The highest BCUT2D eigenvalue weighted by Crippen LogP contribution is 2.64. The maximum atomic E-state index is 5.82. The van der Waals surface area contributed by atoms with Gasteiger partial charge >= 0.3 is 0 Å². The van der Waals surface area contributed by atoms with E-state index in [-0.39, 0.29) is 0 Å². The van der Waals surface area contributed by atoms with Crippen molar-refractivity contribution in [2.45, 2.75) is 19.8 Å². The lowest BCUT2D eigenvalue weighted by Crippen LogP contribution is -2.05. The molecular weight excluding hydrogens is 198 g/mol. The molecule has 1 fully saturated rings. The quantitative estimate of drug-likeness (QED) is 0.807. The van der Waals surface area contributed by atoms with Gasteiger partial charge in [-0.05, 0) is 23.9 Å². The highest BCUT2D eigenvalue weighted by atomic mass is 15.1. The van der Waals surface area contributed by atoms with Gasteiger partial charge in [0.1, 0.15) is 0 Å². The van der Waals surface area contributed by atoms with Gasteiger partial charge in [-0.25, -0.2) is 0 Å². The summed E-state index contributed by atoms with van der Waals surface area (Å²) in [6, 6.07) is 8.26. The molecule has 3 rings (SSSR count). The first-order valence-electron chi connectivity index (χ1n) is 5.79. The molecule has 2 unspecified atom stereocenters. The van der Waals surface area contributed by atoms with Gasteiger partial charge in [-0.2, -0.15) is 5.10 Å². The number of hydrogen-bond donors (Lipinski definition) is 2. The molecule has 0 spiro atoms. The molecule has 0 saturated heterocycles. The summed E-state index contributed by atoms with van der Waals surface area (Å²) in [5, 5.41) is 8.79. The van der Waals surface area contributed by atoms with E-state index in [4.69, 9.17) is 5.73 Å². The number of H-pyrrole nitrogens is 1. The number of aromatic amines is 1. The second-order valence-corrected chi connectivity index (χ2v) is 5.30. The zero-order chi connectivity index (χ0) is 11.3. The number of benzene rings is 1. The number of nitrogens with one attached hydrogen (secondary N) is 1. The van der Waals surface area contributed by atoms with Crippen LogP contribution in [0.3, 0.4) is 0 Å². The lowest BCUT2D eigenvalue weighted by molar-refractivity contribution is 0.557. The van der Waals surface area contributed by atoms with Gasteiger partial charge in [-0.15, -0.1) is 0 Å². The highest BCUT2D eigenvalue weighted by molar-refractivity contribution is 5.82. The Morgan fingerprint density at radius 1 is 1.38 bits per heavy atom. The number of nitrogens with zero attached hydrogens (tertiary/aromatic N) is 1. The molecule has 1 saturated carbocycles. The van der Waals surface area contributed by atoms with E-state index in [9.17, 15) is 0 Å². The molecule has 84 valence electrons. The Hall–Kier alpha value is -1.35. The molecule has 1 aliphatic rings. The SMILES string of the molecule is CC1(C)C(CN)C1c1[nH]nc2ccccc12. The molecule has 0 bridgehead atoms. The fourth-order valence-corrected chi connectivity index (χ4v) is 2.97. The van der Waals surface area contributed by atoms with Crippen LogP contribution in [0.2, 0.25) is 0 Å². The molecule has 1 heterocycles.